The molecular weight excluding hydrogens is 698 g/mol. The first-order chi connectivity index (χ1) is 26.5. The molecule has 0 spiro atoms. The fourth-order valence-electron chi connectivity index (χ4n) is 7.59. The number of carbonyl (C=O) groups excluding carboxylic acids is 3. The molecule has 5 atom stereocenters. The monoisotopic (exact) mass is 753 g/mol. The molecule has 0 saturated heterocycles. The first-order valence-electron chi connectivity index (χ1n) is 19.6. The predicted molar refractivity (Wildman–Crippen MR) is 206 cm³/mol. The van der Waals surface area contributed by atoms with Gasteiger partial charge in [-0.3, -0.25) is 19.4 Å². The van der Waals surface area contributed by atoms with Crippen molar-refractivity contribution in [3.05, 3.63) is 71.1 Å². The second-order valence-corrected chi connectivity index (χ2v) is 15.7. The second kappa shape index (κ2) is 19.4. The van der Waals surface area contributed by atoms with Crippen LogP contribution in [0.1, 0.15) is 112 Å². The molecular formula is C45H55NO9. The van der Waals surface area contributed by atoms with Crippen molar-refractivity contribution < 1.29 is 43.9 Å². The van der Waals surface area contributed by atoms with Crippen LogP contribution in [0.15, 0.2) is 48.7 Å². The number of hydrogen-bond donors (Lipinski definition) is 3. The topological polar surface area (TPSA) is 152 Å². The van der Waals surface area contributed by atoms with Gasteiger partial charge in [0.1, 0.15) is 13.2 Å². The number of aliphatic hydroxyl groups is 3. The molecule has 55 heavy (non-hydrogen) atoms. The molecule has 1 aromatic heterocycles. The van der Waals surface area contributed by atoms with E-state index in [2.05, 4.69) is 16.8 Å². The first-order valence-corrected chi connectivity index (χ1v) is 19.6. The van der Waals surface area contributed by atoms with E-state index in [1.54, 1.807) is 6.92 Å². The number of carbonyl (C=O) groups is 3. The molecule has 3 aliphatic carbocycles. The Bertz CT molecular complexity index is 1750. The van der Waals surface area contributed by atoms with Crippen molar-refractivity contribution in [2.45, 2.75) is 135 Å². The largest absolute Gasteiger partial charge is 0.460 e. The number of nitrogens with zero attached hydrogens (tertiary/aromatic N) is 1. The van der Waals surface area contributed by atoms with Gasteiger partial charge in [0.25, 0.3) is 0 Å². The highest BCUT2D eigenvalue weighted by Gasteiger charge is 2.51. The van der Waals surface area contributed by atoms with Gasteiger partial charge in [0.15, 0.2) is 5.75 Å². The summed E-state index contributed by atoms with van der Waals surface area (Å²) in [7, 11) is 0. The minimum Gasteiger partial charge on any atom is -0.460 e. The van der Waals surface area contributed by atoms with Crippen molar-refractivity contribution in [1.29, 1.82) is 0 Å². The molecule has 0 amide bonds. The zero-order valence-corrected chi connectivity index (χ0v) is 31.9. The van der Waals surface area contributed by atoms with Crippen LogP contribution in [0.25, 0.3) is 0 Å². The summed E-state index contributed by atoms with van der Waals surface area (Å²) in [5.41, 5.74) is 1.10. The maximum Gasteiger partial charge on any atom is 0.313 e. The minimum atomic E-state index is -0.691. The summed E-state index contributed by atoms with van der Waals surface area (Å²) in [6.07, 6.45) is 22.7. The third-order valence-electron chi connectivity index (χ3n) is 11.6. The van der Waals surface area contributed by atoms with Gasteiger partial charge in [-0.2, -0.15) is 0 Å². The summed E-state index contributed by atoms with van der Waals surface area (Å²) in [4.78, 5) is 43.4. The molecule has 3 N–H and O–H groups in total. The molecule has 5 rings (SSSR count). The van der Waals surface area contributed by atoms with Gasteiger partial charge < -0.3 is 29.5 Å². The van der Waals surface area contributed by atoms with Gasteiger partial charge in [-0.15, -0.1) is 24.7 Å². The standard InChI is InChI=1S/C45H55NO9/c1-4-21-44(23-24-44)42(51)53-29-33-28-46-31(3)41(37(33)30-54-43(52)45(22-5-2)25-26-45)55-40(50)16-12-7-6-11-15-35-36(39(49)27-38(35)48)20-19-34(47)18-17-32-13-9-8-10-14-32/h1-2,6,8-11,13-14,28,34-36,38-39,47-49H,7,12,15-27,29-30H2,3H3/b11-6-/t34-,35+,36+,38-,39+/m0/s1. The van der Waals surface area contributed by atoms with Crippen molar-refractivity contribution in [3.8, 4) is 30.4 Å². The van der Waals surface area contributed by atoms with E-state index in [0.29, 0.717) is 93.9 Å². The first kappa shape index (κ1) is 41.7. The molecule has 3 saturated carbocycles. The Hall–Kier alpha value is -4.48. The summed E-state index contributed by atoms with van der Waals surface area (Å²) in [5, 5.41) is 32.0. The number of aliphatic hydroxyl groups excluding tert-OH is 3. The number of hydrogen-bond acceptors (Lipinski definition) is 10. The average molecular weight is 754 g/mol. The number of aromatic nitrogens is 1. The van der Waals surface area contributed by atoms with Crippen LogP contribution in [0.3, 0.4) is 0 Å². The van der Waals surface area contributed by atoms with Gasteiger partial charge in [-0.25, -0.2) is 0 Å². The number of benzene rings is 1. The molecule has 1 aromatic carbocycles. The molecule has 294 valence electrons. The van der Waals surface area contributed by atoms with Crippen molar-refractivity contribution in [1.82, 2.24) is 4.98 Å². The van der Waals surface area contributed by atoms with Crippen molar-refractivity contribution >= 4 is 17.9 Å². The highest BCUT2D eigenvalue weighted by atomic mass is 16.6. The maximum atomic E-state index is 13.1. The Labute approximate surface area is 325 Å². The molecule has 0 aliphatic heterocycles. The lowest BCUT2D eigenvalue weighted by Crippen LogP contribution is -2.23. The number of esters is 3. The van der Waals surface area contributed by atoms with Crippen molar-refractivity contribution in [2.24, 2.45) is 22.7 Å². The number of rotatable bonds is 21. The highest BCUT2D eigenvalue weighted by Crippen LogP contribution is 2.51. The molecule has 0 unspecified atom stereocenters. The third kappa shape index (κ3) is 11.3. The van der Waals surface area contributed by atoms with Gasteiger partial charge in [0, 0.05) is 36.6 Å². The van der Waals surface area contributed by atoms with Crippen molar-refractivity contribution in [3.63, 3.8) is 0 Å². The van der Waals surface area contributed by atoms with E-state index in [0.717, 1.165) is 6.42 Å². The quantitative estimate of drug-likeness (QED) is 0.0579. The van der Waals surface area contributed by atoms with E-state index in [4.69, 9.17) is 27.1 Å². The average Bonchev–Trinajstić information content (AvgIpc) is 4.11. The SMILES string of the molecule is C#CCC1(C(=O)OCc2cnc(C)c(OC(=O)CCC/C=C\C[C@@H]3[C@@H](CC[C@@H](O)CCc4ccccc4)[C@H](O)C[C@@H]3O)c2COC(=O)C2(CC#C)CC2)CC1. The van der Waals surface area contributed by atoms with E-state index in [9.17, 15) is 29.7 Å². The zero-order valence-electron chi connectivity index (χ0n) is 31.9. The zero-order chi connectivity index (χ0) is 39.4. The Balaban J connectivity index is 1.12. The number of unbranched alkanes of at least 4 members (excludes halogenated alkanes) is 1. The number of ether oxygens (including phenoxy) is 3. The van der Waals surface area contributed by atoms with E-state index < -0.39 is 47.0 Å². The number of aryl methyl sites for hydroxylation is 2. The van der Waals surface area contributed by atoms with Gasteiger partial charge >= 0.3 is 17.9 Å². The lowest BCUT2D eigenvalue weighted by Gasteiger charge is -2.23. The number of terminal acetylenes is 2. The third-order valence-corrected chi connectivity index (χ3v) is 11.6. The van der Waals surface area contributed by atoms with Crippen LogP contribution in [-0.2, 0) is 43.5 Å². The molecule has 3 fully saturated rings. The molecule has 10 heteroatoms. The van der Waals surface area contributed by atoms with Crippen LogP contribution in [-0.4, -0.2) is 56.5 Å². The summed E-state index contributed by atoms with van der Waals surface area (Å²) in [6, 6.07) is 10.0. The Morgan fingerprint density at radius 3 is 2.20 bits per heavy atom. The van der Waals surface area contributed by atoms with Crippen molar-refractivity contribution in [2.75, 3.05) is 0 Å². The molecule has 2 aromatic rings. The number of pyridine rings is 1. The highest BCUT2D eigenvalue weighted by molar-refractivity contribution is 5.81. The van der Waals surface area contributed by atoms with E-state index >= 15 is 0 Å². The predicted octanol–water partition coefficient (Wildman–Crippen LogP) is 6.24. The molecule has 1 heterocycles. The van der Waals surface area contributed by atoms with Gasteiger partial charge in [0.05, 0.1) is 34.8 Å². The normalized spacial score (nSPS) is 22.3. The molecule has 3 aliphatic rings. The summed E-state index contributed by atoms with van der Waals surface area (Å²) < 4.78 is 17.2. The van der Waals surface area contributed by atoms with E-state index in [-0.39, 0.29) is 43.6 Å². The van der Waals surface area contributed by atoms with Crippen LogP contribution in [0.5, 0.6) is 5.75 Å². The van der Waals surface area contributed by atoms with Crippen LogP contribution in [0.4, 0.5) is 0 Å². The lowest BCUT2D eigenvalue weighted by molar-refractivity contribution is -0.153. The number of allylic oxidation sites excluding steroid dienone is 2. The Morgan fingerprint density at radius 1 is 0.927 bits per heavy atom. The Morgan fingerprint density at radius 2 is 1.56 bits per heavy atom. The fraction of sp³-hybridized carbons (Fsp3) is 0.556. The van der Waals surface area contributed by atoms with E-state index in [1.807, 2.05) is 42.5 Å². The van der Waals surface area contributed by atoms with Gasteiger partial charge in [-0.05, 0) is 101 Å². The van der Waals surface area contributed by atoms with E-state index in [1.165, 1.54) is 11.8 Å². The summed E-state index contributed by atoms with van der Waals surface area (Å²) >= 11 is 0. The summed E-state index contributed by atoms with van der Waals surface area (Å²) in [5.74, 6) is 3.76. The maximum absolute atomic E-state index is 13.1. The van der Waals surface area contributed by atoms with Gasteiger partial charge in [-0.1, -0.05) is 42.5 Å². The Kier molecular flexibility index (Phi) is 14.7. The van der Waals surface area contributed by atoms with Crippen LogP contribution >= 0.6 is 0 Å². The van der Waals surface area contributed by atoms with Crippen LogP contribution in [0.2, 0.25) is 0 Å². The van der Waals surface area contributed by atoms with Gasteiger partial charge in [0.2, 0.25) is 0 Å². The fourth-order valence-corrected chi connectivity index (χ4v) is 7.59. The second-order valence-electron chi connectivity index (χ2n) is 15.7. The van der Waals surface area contributed by atoms with Crippen LogP contribution < -0.4 is 4.74 Å². The molecule has 0 radical (unpaired) electrons. The lowest BCUT2D eigenvalue weighted by atomic mass is 9.85. The molecule has 0 bridgehead atoms. The van der Waals surface area contributed by atoms with Crippen LogP contribution in [0, 0.1) is 54.3 Å². The smallest absolute Gasteiger partial charge is 0.313 e. The minimum absolute atomic E-state index is 0.101. The summed E-state index contributed by atoms with van der Waals surface area (Å²) in [6.45, 7) is 1.32. The molecule has 10 nitrogen and oxygen atoms in total.